The van der Waals surface area contributed by atoms with Gasteiger partial charge < -0.3 is 9.64 Å². The highest BCUT2D eigenvalue weighted by Crippen LogP contribution is 2.30. The van der Waals surface area contributed by atoms with E-state index in [4.69, 9.17) is 27.9 Å². The van der Waals surface area contributed by atoms with Crippen molar-refractivity contribution in [3.8, 4) is 0 Å². The third-order valence-electron chi connectivity index (χ3n) is 6.85. The largest absolute Gasteiger partial charge is 0.443 e. The summed E-state index contributed by atoms with van der Waals surface area (Å²) in [5, 5.41) is 0.245. The van der Waals surface area contributed by atoms with Crippen LogP contribution in [0.3, 0.4) is 0 Å². The van der Waals surface area contributed by atoms with Gasteiger partial charge in [-0.1, -0.05) is 35.3 Å². The van der Waals surface area contributed by atoms with Gasteiger partial charge in [0.2, 0.25) is 16.4 Å². The SMILES string of the molecule is CCN(CC)C(=O)C(OC(=O)C(C)c1nsc(NS(=O)(=O)c2cccc(Cl)c2C)n1)c1nsc(NS(=O)(=O)c2cccc(Cl)c2C)n1. The van der Waals surface area contributed by atoms with Crippen LogP contribution >= 0.6 is 46.3 Å². The summed E-state index contributed by atoms with van der Waals surface area (Å²) in [6.45, 7) is 8.56. The Hall–Kier alpha value is -3.42. The van der Waals surface area contributed by atoms with E-state index in [1.165, 1.54) is 36.1 Å². The number of rotatable bonds is 13. The molecule has 1 amide bonds. The Morgan fingerprint density at radius 3 is 1.74 bits per heavy atom. The molecule has 0 fully saturated rings. The van der Waals surface area contributed by atoms with Crippen LogP contribution in [0.4, 0.5) is 10.3 Å². The maximum Gasteiger partial charge on any atom is 0.317 e. The number of hydrogen-bond donors (Lipinski definition) is 2. The quantitative estimate of drug-likeness (QED) is 0.171. The van der Waals surface area contributed by atoms with Gasteiger partial charge in [-0.25, -0.2) is 21.8 Å². The van der Waals surface area contributed by atoms with Crippen molar-refractivity contribution < 1.29 is 31.2 Å². The zero-order valence-corrected chi connectivity index (χ0v) is 30.3. The van der Waals surface area contributed by atoms with Crippen molar-refractivity contribution in [1.82, 2.24) is 23.6 Å². The van der Waals surface area contributed by atoms with Gasteiger partial charge in [0.1, 0.15) is 5.92 Å². The average Bonchev–Trinajstić information content (AvgIpc) is 3.67. The Morgan fingerprint density at radius 2 is 1.28 bits per heavy atom. The van der Waals surface area contributed by atoms with Crippen molar-refractivity contribution in [1.29, 1.82) is 0 Å². The molecule has 47 heavy (non-hydrogen) atoms. The second kappa shape index (κ2) is 14.8. The Labute approximate surface area is 289 Å². The van der Waals surface area contributed by atoms with Crippen LogP contribution in [0.25, 0.3) is 0 Å². The minimum Gasteiger partial charge on any atom is -0.443 e. The van der Waals surface area contributed by atoms with Crippen molar-refractivity contribution in [3.05, 3.63) is 69.2 Å². The van der Waals surface area contributed by atoms with Gasteiger partial charge in [-0.3, -0.25) is 19.0 Å². The number of benzene rings is 2. The van der Waals surface area contributed by atoms with Crippen LogP contribution in [-0.2, 0) is 34.4 Å². The average molecular weight is 763 g/mol. The fourth-order valence-electron chi connectivity index (χ4n) is 4.17. The second-order valence-corrected chi connectivity index (χ2v) is 15.5. The minimum absolute atomic E-state index is 0.0490. The van der Waals surface area contributed by atoms with Gasteiger partial charge in [-0.2, -0.15) is 13.7 Å². The summed E-state index contributed by atoms with van der Waals surface area (Å²) in [6, 6.07) is 8.87. The van der Waals surface area contributed by atoms with Crippen LogP contribution in [0, 0.1) is 13.8 Å². The summed E-state index contributed by atoms with van der Waals surface area (Å²) in [6.07, 6.45) is -1.63. The normalized spacial score (nSPS) is 13.1. The van der Waals surface area contributed by atoms with E-state index < -0.39 is 43.9 Å². The van der Waals surface area contributed by atoms with E-state index in [0.29, 0.717) is 34.2 Å². The van der Waals surface area contributed by atoms with Crippen molar-refractivity contribution >= 4 is 88.5 Å². The van der Waals surface area contributed by atoms with Gasteiger partial charge in [0.25, 0.3) is 26.0 Å². The number of nitrogens with zero attached hydrogens (tertiary/aromatic N) is 5. The molecule has 0 radical (unpaired) electrons. The molecule has 0 saturated carbocycles. The summed E-state index contributed by atoms with van der Waals surface area (Å²) >= 11 is 13.5. The molecule has 252 valence electrons. The number of sulfonamides is 2. The lowest BCUT2D eigenvalue weighted by molar-refractivity contribution is -0.162. The van der Waals surface area contributed by atoms with Crippen LogP contribution < -0.4 is 9.44 Å². The van der Waals surface area contributed by atoms with Crippen LogP contribution in [0.15, 0.2) is 46.2 Å². The first-order valence-corrected chi connectivity index (χ1v) is 19.1. The van der Waals surface area contributed by atoms with E-state index in [9.17, 15) is 26.4 Å². The molecule has 14 nitrogen and oxygen atoms in total. The Balaban J connectivity index is 1.55. The number of amides is 1. The van der Waals surface area contributed by atoms with E-state index in [1.54, 1.807) is 39.8 Å². The lowest BCUT2D eigenvalue weighted by atomic mass is 10.1. The predicted molar refractivity (Wildman–Crippen MR) is 179 cm³/mol. The number of likely N-dealkylation sites (N-methyl/N-ethyl adjacent to an activating group) is 1. The molecule has 20 heteroatoms. The van der Waals surface area contributed by atoms with Gasteiger partial charge in [0.15, 0.2) is 11.6 Å². The molecule has 0 saturated heterocycles. The minimum atomic E-state index is -4.13. The summed E-state index contributed by atoms with van der Waals surface area (Å²) in [7, 11) is -8.21. The molecule has 2 aromatic heterocycles. The van der Waals surface area contributed by atoms with Gasteiger partial charge in [-0.05, 0) is 70.0 Å². The summed E-state index contributed by atoms with van der Waals surface area (Å²) < 4.78 is 70.5. The predicted octanol–water partition coefficient (Wildman–Crippen LogP) is 5.17. The third-order valence-corrected chi connectivity index (χ3v) is 12.2. The molecule has 2 aromatic carbocycles. The van der Waals surface area contributed by atoms with Crippen LogP contribution in [-0.4, -0.2) is 65.4 Å². The Morgan fingerprint density at radius 1 is 0.830 bits per heavy atom. The molecule has 0 bridgehead atoms. The number of aromatic nitrogens is 4. The lowest BCUT2D eigenvalue weighted by Gasteiger charge is -2.24. The molecule has 0 aliphatic heterocycles. The highest BCUT2D eigenvalue weighted by atomic mass is 35.5. The van der Waals surface area contributed by atoms with Crippen molar-refractivity contribution in [3.63, 3.8) is 0 Å². The molecule has 2 N–H and O–H groups in total. The fourth-order valence-corrected chi connectivity index (χ4v) is 8.86. The standard InChI is InChI=1S/C27H29Cl2N7O7S4/c1-6-36(7-2)24(37)21(23-31-27(45-33-23)35-47(41,42)20-13-9-11-18(29)15(20)4)43-25(38)16(5)22-30-26(44-32-22)34-46(39,40)19-12-8-10-17(28)14(19)3/h8-13,16,21H,6-7H2,1-5H3,(H,30,32,34)(H,31,33,35). The number of hydrogen-bond acceptors (Lipinski definition) is 13. The first kappa shape index (κ1) is 36.4. The second-order valence-electron chi connectivity index (χ2n) is 9.90. The number of esters is 1. The van der Waals surface area contributed by atoms with Gasteiger partial charge >= 0.3 is 5.97 Å². The summed E-state index contributed by atoms with van der Waals surface area (Å²) in [5.41, 5.74) is 0.675. The maximum absolute atomic E-state index is 13.5. The zero-order chi connectivity index (χ0) is 34.7. The van der Waals surface area contributed by atoms with E-state index in [1.807, 2.05) is 0 Å². The van der Waals surface area contributed by atoms with Gasteiger partial charge in [0, 0.05) is 46.2 Å². The third kappa shape index (κ3) is 8.18. The van der Waals surface area contributed by atoms with Crippen molar-refractivity contribution in [2.24, 2.45) is 0 Å². The number of nitrogens with one attached hydrogen (secondary N) is 2. The number of anilines is 2. The molecule has 2 atom stereocenters. The Kier molecular flexibility index (Phi) is 11.5. The smallest absolute Gasteiger partial charge is 0.317 e. The maximum atomic E-state index is 13.5. The van der Waals surface area contributed by atoms with E-state index in [-0.39, 0.29) is 54.8 Å². The molecule has 2 unspecified atom stereocenters. The molecule has 0 aliphatic rings. The highest BCUT2D eigenvalue weighted by molar-refractivity contribution is 7.93. The first-order chi connectivity index (χ1) is 22.1. The van der Waals surface area contributed by atoms with Crippen molar-refractivity contribution in [2.45, 2.75) is 56.4 Å². The van der Waals surface area contributed by atoms with Crippen molar-refractivity contribution in [2.75, 3.05) is 22.5 Å². The monoisotopic (exact) mass is 761 g/mol. The molecule has 4 aromatic rings. The van der Waals surface area contributed by atoms with Gasteiger partial charge in [0.05, 0.1) is 9.79 Å². The molecular formula is C27H29Cl2N7O7S4. The number of ether oxygens (including phenoxy) is 1. The number of halogens is 2. The van der Waals surface area contributed by atoms with Crippen LogP contribution in [0.5, 0.6) is 0 Å². The lowest BCUT2D eigenvalue weighted by Crippen LogP contribution is -2.37. The summed E-state index contributed by atoms with van der Waals surface area (Å²) in [5.74, 6) is -3.02. The highest BCUT2D eigenvalue weighted by Gasteiger charge is 2.35. The zero-order valence-electron chi connectivity index (χ0n) is 25.5. The number of carbonyl (C=O) groups excluding carboxylic acids is 2. The fraction of sp³-hybridized carbons (Fsp3) is 0.333. The van der Waals surface area contributed by atoms with Gasteiger partial charge in [-0.15, -0.1) is 0 Å². The molecule has 4 rings (SSSR count). The van der Waals surface area contributed by atoms with E-state index in [0.717, 1.165) is 0 Å². The molecule has 0 spiro atoms. The van der Waals surface area contributed by atoms with E-state index >= 15 is 0 Å². The summed E-state index contributed by atoms with van der Waals surface area (Å²) in [4.78, 5) is 36.4. The number of carbonyl (C=O) groups is 2. The topological polar surface area (TPSA) is 191 Å². The van der Waals surface area contributed by atoms with E-state index in [2.05, 4.69) is 28.2 Å². The van der Waals surface area contributed by atoms with Crippen LogP contribution in [0.1, 0.15) is 55.6 Å². The van der Waals surface area contributed by atoms with Crippen LogP contribution in [0.2, 0.25) is 10.0 Å². The molecular weight excluding hydrogens is 734 g/mol. The molecule has 0 aliphatic carbocycles. The first-order valence-electron chi connectivity index (χ1n) is 13.8. The molecule has 2 heterocycles. The Bertz CT molecular complexity index is 2020.